The van der Waals surface area contributed by atoms with Gasteiger partial charge in [0, 0.05) is 28.6 Å². The van der Waals surface area contributed by atoms with Crippen molar-refractivity contribution in [3.05, 3.63) is 33.6 Å². The molecule has 0 atom stereocenters. The fraction of sp³-hybridized carbons (Fsp3) is 0.526. The summed E-state index contributed by atoms with van der Waals surface area (Å²) in [5.41, 5.74) is 3.77. The summed E-state index contributed by atoms with van der Waals surface area (Å²) in [6.45, 7) is 13.6. The van der Waals surface area contributed by atoms with Crippen LogP contribution in [0.3, 0.4) is 0 Å². The molecule has 1 aromatic carbocycles. The number of phenols is 1. The summed E-state index contributed by atoms with van der Waals surface area (Å²) in [6.07, 6.45) is 0. The monoisotopic (exact) mass is 404 g/mol. The number of phenolic OH excluding ortho intramolecular Hbond substituents is 1. The summed E-state index contributed by atoms with van der Waals surface area (Å²) in [5, 5.41) is 17.1. The summed E-state index contributed by atoms with van der Waals surface area (Å²) in [6, 6.07) is 4.17. The number of hydrogen-bond donors (Lipinski definition) is 2. The molecule has 0 bridgehead atoms. The molecule has 1 heterocycles. The zero-order chi connectivity index (χ0) is 17.4. The lowest BCUT2D eigenvalue weighted by Gasteiger charge is -2.28. The van der Waals surface area contributed by atoms with Gasteiger partial charge in [-0.3, -0.25) is 0 Å². The highest BCUT2D eigenvalue weighted by Gasteiger charge is 2.27. The van der Waals surface area contributed by atoms with E-state index in [1.54, 1.807) is 11.3 Å². The number of nitrogens with one attached hydrogen (secondary N) is 1. The Kier molecular flexibility index (Phi) is 8.44. The van der Waals surface area contributed by atoms with E-state index in [0.717, 1.165) is 33.9 Å². The lowest BCUT2D eigenvalue weighted by molar-refractivity contribution is 0.423. The second kappa shape index (κ2) is 8.72. The van der Waals surface area contributed by atoms with Gasteiger partial charge in [0.1, 0.15) is 10.8 Å². The summed E-state index contributed by atoms with van der Waals surface area (Å²) < 4.78 is 0. The van der Waals surface area contributed by atoms with E-state index in [2.05, 4.69) is 64.4 Å². The van der Waals surface area contributed by atoms with Crippen molar-refractivity contribution in [1.82, 2.24) is 10.3 Å². The standard InChI is InChI=1S/C19H28N2OS.2ClH/c1-18(2,3)13-8-12(9-14(17(13)22)19(4,5)6)15-11-23-16(21-15)10-20-7;;/h8-9,11,20,22H,10H2,1-7H3;2*1H. The first-order valence-corrected chi connectivity index (χ1v) is 8.89. The van der Waals surface area contributed by atoms with E-state index < -0.39 is 0 Å². The lowest BCUT2D eigenvalue weighted by atomic mass is 9.78. The highest BCUT2D eigenvalue weighted by atomic mass is 35.5. The van der Waals surface area contributed by atoms with Crippen LogP contribution in [0.1, 0.15) is 57.7 Å². The van der Waals surface area contributed by atoms with Crippen molar-refractivity contribution in [1.29, 1.82) is 0 Å². The molecular weight excluding hydrogens is 375 g/mol. The third-order valence-electron chi connectivity index (χ3n) is 3.90. The predicted molar refractivity (Wildman–Crippen MR) is 114 cm³/mol. The Morgan fingerprint density at radius 3 is 1.88 bits per heavy atom. The lowest BCUT2D eigenvalue weighted by Crippen LogP contribution is -2.17. The Balaban J connectivity index is 0.00000288. The van der Waals surface area contributed by atoms with E-state index in [0.29, 0.717) is 5.75 Å². The van der Waals surface area contributed by atoms with Crippen LogP contribution < -0.4 is 5.32 Å². The van der Waals surface area contributed by atoms with Crippen molar-refractivity contribution < 1.29 is 5.11 Å². The fourth-order valence-electron chi connectivity index (χ4n) is 2.60. The molecular formula is C19H30Cl2N2OS. The van der Waals surface area contributed by atoms with E-state index >= 15 is 0 Å². The van der Waals surface area contributed by atoms with Crippen LogP contribution in [-0.2, 0) is 17.4 Å². The van der Waals surface area contributed by atoms with Gasteiger partial charge in [-0.05, 0) is 30.0 Å². The SMILES string of the molecule is CNCc1nc(-c2cc(C(C)(C)C)c(O)c(C(C)(C)C)c2)cs1.Cl.Cl. The third-order valence-corrected chi connectivity index (χ3v) is 4.75. The minimum Gasteiger partial charge on any atom is -0.507 e. The van der Waals surface area contributed by atoms with Crippen molar-refractivity contribution in [3.8, 4) is 17.0 Å². The molecule has 2 aromatic rings. The maximum absolute atomic E-state index is 10.8. The van der Waals surface area contributed by atoms with Gasteiger partial charge in [0.25, 0.3) is 0 Å². The summed E-state index contributed by atoms with van der Waals surface area (Å²) in [7, 11) is 1.93. The first-order chi connectivity index (χ1) is 10.5. The molecule has 3 nitrogen and oxygen atoms in total. The van der Waals surface area contributed by atoms with Crippen LogP contribution in [0.15, 0.2) is 17.5 Å². The predicted octanol–water partition coefficient (Wildman–Crippen LogP) is 5.67. The highest BCUT2D eigenvalue weighted by molar-refractivity contribution is 7.09. The topological polar surface area (TPSA) is 45.2 Å². The normalized spacial score (nSPS) is 11.6. The van der Waals surface area contributed by atoms with Crippen LogP contribution >= 0.6 is 36.2 Å². The molecule has 0 aliphatic carbocycles. The molecule has 0 amide bonds. The molecule has 6 heteroatoms. The van der Waals surface area contributed by atoms with Crippen LogP contribution in [0.4, 0.5) is 0 Å². The minimum absolute atomic E-state index is 0. The van der Waals surface area contributed by atoms with Gasteiger partial charge in [-0.1, -0.05) is 41.5 Å². The molecule has 0 spiro atoms. The second-order valence-corrected chi connectivity index (χ2v) is 9.02. The Morgan fingerprint density at radius 1 is 1.00 bits per heavy atom. The van der Waals surface area contributed by atoms with E-state index in [9.17, 15) is 5.11 Å². The summed E-state index contributed by atoms with van der Waals surface area (Å²) >= 11 is 1.66. The number of thiazole rings is 1. The van der Waals surface area contributed by atoms with Crippen molar-refractivity contribution in [2.75, 3.05) is 7.05 Å². The molecule has 0 unspecified atom stereocenters. The molecule has 25 heavy (non-hydrogen) atoms. The van der Waals surface area contributed by atoms with E-state index in [4.69, 9.17) is 4.98 Å². The van der Waals surface area contributed by atoms with Gasteiger partial charge in [-0.2, -0.15) is 0 Å². The quantitative estimate of drug-likeness (QED) is 0.691. The Morgan fingerprint density at radius 2 is 1.48 bits per heavy atom. The molecule has 0 aliphatic rings. The highest BCUT2D eigenvalue weighted by Crippen LogP contribution is 2.42. The van der Waals surface area contributed by atoms with Crippen molar-refractivity contribution in [3.63, 3.8) is 0 Å². The molecule has 142 valence electrons. The third kappa shape index (κ3) is 5.58. The van der Waals surface area contributed by atoms with Crippen LogP contribution in [0, 0.1) is 0 Å². The van der Waals surface area contributed by atoms with Gasteiger partial charge in [0.15, 0.2) is 0 Å². The average Bonchev–Trinajstić information content (AvgIpc) is 2.85. The van der Waals surface area contributed by atoms with Crippen molar-refractivity contribution in [2.45, 2.75) is 58.9 Å². The zero-order valence-electron chi connectivity index (χ0n) is 16.1. The molecule has 2 rings (SSSR count). The number of nitrogens with zero attached hydrogens (tertiary/aromatic N) is 1. The zero-order valence-corrected chi connectivity index (χ0v) is 18.5. The van der Waals surface area contributed by atoms with E-state index in [1.165, 1.54) is 0 Å². The van der Waals surface area contributed by atoms with Gasteiger partial charge in [-0.15, -0.1) is 36.2 Å². The summed E-state index contributed by atoms with van der Waals surface area (Å²) in [5.74, 6) is 0.416. The first kappa shape index (κ1) is 24.2. The number of benzene rings is 1. The number of aromatic hydroxyl groups is 1. The molecule has 0 saturated carbocycles. The van der Waals surface area contributed by atoms with Crippen molar-refractivity contribution in [2.24, 2.45) is 0 Å². The number of halogens is 2. The Hall–Kier alpha value is -0.810. The molecule has 2 N–H and O–H groups in total. The van der Waals surface area contributed by atoms with Gasteiger partial charge < -0.3 is 10.4 Å². The van der Waals surface area contributed by atoms with E-state index in [1.807, 2.05) is 7.05 Å². The average molecular weight is 405 g/mol. The number of aromatic nitrogens is 1. The van der Waals surface area contributed by atoms with Gasteiger partial charge in [-0.25, -0.2) is 4.98 Å². The van der Waals surface area contributed by atoms with Crippen LogP contribution in [0.2, 0.25) is 0 Å². The fourth-order valence-corrected chi connectivity index (χ4v) is 3.42. The molecule has 0 saturated heterocycles. The second-order valence-electron chi connectivity index (χ2n) is 8.08. The van der Waals surface area contributed by atoms with Gasteiger partial charge in [0.05, 0.1) is 5.69 Å². The Labute approximate surface area is 168 Å². The number of rotatable bonds is 3. The van der Waals surface area contributed by atoms with Gasteiger partial charge >= 0.3 is 0 Å². The van der Waals surface area contributed by atoms with Crippen LogP contribution in [-0.4, -0.2) is 17.1 Å². The molecule has 1 aromatic heterocycles. The summed E-state index contributed by atoms with van der Waals surface area (Å²) in [4.78, 5) is 4.72. The number of hydrogen-bond acceptors (Lipinski definition) is 4. The first-order valence-electron chi connectivity index (χ1n) is 8.01. The van der Waals surface area contributed by atoms with Crippen LogP contribution in [0.5, 0.6) is 5.75 Å². The van der Waals surface area contributed by atoms with Gasteiger partial charge in [0.2, 0.25) is 0 Å². The smallest absolute Gasteiger partial charge is 0.123 e. The largest absolute Gasteiger partial charge is 0.507 e. The molecule has 0 radical (unpaired) electrons. The Bertz CT molecular complexity index is 665. The van der Waals surface area contributed by atoms with Crippen molar-refractivity contribution >= 4 is 36.2 Å². The maximum atomic E-state index is 10.8. The minimum atomic E-state index is -0.121. The van der Waals surface area contributed by atoms with E-state index in [-0.39, 0.29) is 35.6 Å². The maximum Gasteiger partial charge on any atom is 0.123 e. The molecule has 0 fully saturated rings. The van der Waals surface area contributed by atoms with Crippen LogP contribution in [0.25, 0.3) is 11.3 Å². The molecule has 0 aliphatic heterocycles.